The number of carbonyl (C=O) groups excluding carboxylic acids is 1. The molecule has 11 heteroatoms. The standard InChI is InChI=1S/C19H17BN6O3S/c1-2-21-18(27)26-19-25-15-8-11(12-9-23-17(20(28)29)24-10-12)7-13(16(15)30-19)14-5-3-4-6-22-14/h3-10,28-29H,2H2,1H3,(H2,21,25,26,27). The van der Waals surface area contributed by atoms with Crippen molar-refractivity contribution in [3.8, 4) is 22.4 Å². The van der Waals surface area contributed by atoms with Crippen LogP contribution in [-0.2, 0) is 0 Å². The second-order valence-electron chi connectivity index (χ2n) is 6.29. The molecule has 0 aliphatic rings. The molecule has 0 unspecified atom stereocenters. The van der Waals surface area contributed by atoms with Crippen LogP contribution < -0.4 is 16.4 Å². The minimum atomic E-state index is -1.73. The molecule has 4 N–H and O–H groups in total. The number of anilines is 1. The molecule has 4 rings (SSSR count). The molecule has 2 amide bonds. The normalized spacial score (nSPS) is 10.8. The number of amides is 2. The highest BCUT2D eigenvalue weighted by molar-refractivity contribution is 7.22. The Hall–Kier alpha value is -3.41. The van der Waals surface area contributed by atoms with Gasteiger partial charge in [-0.1, -0.05) is 17.4 Å². The predicted molar refractivity (Wildman–Crippen MR) is 116 cm³/mol. The van der Waals surface area contributed by atoms with E-state index in [1.807, 2.05) is 37.3 Å². The van der Waals surface area contributed by atoms with E-state index in [0.29, 0.717) is 22.8 Å². The maximum atomic E-state index is 11.9. The van der Waals surface area contributed by atoms with Gasteiger partial charge in [-0.05, 0) is 36.8 Å². The van der Waals surface area contributed by atoms with Crippen LogP contribution >= 0.6 is 11.3 Å². The summed E-state index contributed by atoms with van der Waals surface area (Å²) in [6.07, 6.45) is 4.75. The van der Waals surface area contributed by atoms with Crippen molar-refractivity contribution in [3.63, 3.8) is 0 Å². The summed E-state index contributed by atoms with van der Waals surface area (Å²) >= 11 is 1.36. The molecular weight excluding hydrogens is 403 g/mol. The van der Waals surface area contributed by atoms with Crippen molar-refractivity contribution in [2.45, 2.75) is 6.92 Å². The van der Waals surface area contributed by atoms with Crippen LogP contribution in [0.3, 0.4) is 0 Å². The van der Waals surface area contributed by atoms with Gasteiger partial charge in [0.1, 0.15) is 0 Å². The Morgan fingerprint density at radius 1 is 1.13 bits per heavy atom. The first kappa shape index (κ1) is 19.9. The number of hydrogen-bond donors (Lipinski definition) is 4. The van der Waals surface area contributed by atoms with Crippen molar-refractivity contribution in [2.24, 2.45) is 0 Å². The summed E-state index contributed by atoms with van der Waals surface area (Å²) in [4.78, 5) is 28.9. The van der Waals surface area contributed by atoms with Crippen LogP contribution in [0, 0.1) is 0 Å². The van der Waals surface area contributed by atoms with Gasteiger partial charge in [-0.15, -0.1) is 0 Å². The average molecular weight is 420 g/mol. The largest absolute Gasteiger partial charge is 0.528 e. The van der Waals surface area contributed by atoms with Crippen molar-refractivity contribution in [1.29, 1.82) is 0 Å². The third-order valence-corrected chi connectivity index (χ3v) is 5.24. The van der Waals surface area contributed by atoms with E-state index in [2.05, 4.69) is 30.6 Å². The molecule has 3 heterocycles. The van der Waals surface area contributed by atoms with Crippen molar-refractivity contribution in [3.05, 3.63) is 48.9 Å². The number of urea groups is 1. The van der Waals surface area contributed by atoms with E-state index in [1.165, 1.54) is 23.7 Å². The van der Waals surface area contributed by atoms with Gasteiger partial charge in [0.05, 0.1) is 15.9 Å². The third kappa shape index (κ3) is 4.13. The highest BCUT2D eigenvalue weighted by atomic mass is 32.1. The molecule has 0 aliphatic heterocycles. The Morgan fingerprint density at radius 2 is 1.93 bits per heavy atom. The number of rotatable bonds is 5. The van der Waals surface area contributed by atoms with Gasteiger partial charge < -0.3 is 15.4 Å². The van der Waals surface area contributed by atoms with E-state index in [4.69, 9.17) is 0 Å². The van der Waals surface area contributed by atoms with E-state index in [1.54, 1.807) is 6.20 Å². The fourth-order valence-corrected chi connectivity index (χ4v) is 3.85. The van der Waals surface area contributed by atoms with Crippen molar-refractivity contribution >= 4 is 45.6 Å². The molecule has 0 radical (unpaired) electrons. The van der Waals surface area contributed by atoms with Gasteiger partial charge in [0.25, 0.3) is 0 Å². The van der Waals surface area contributed by atoms with Crippen LogP contribution in [0.5, 0.6) is 0 Å². The van der Waals surface area contributed by atoms with Crippen LogP contribution in [-0.4, -0.2) is 49.7 Å². The van der Waals surface area contributed by atoms with E-state index in [9.17, 15) is 14.8 Å². The number of thiazole rings is 1. The van der Waals surface area contributed by atoms with Crippen LogP contribution in [0.2, 0.25) is 0 Å². The molecule has 0 fully saturated rings. The van der Waals surface area contributed by atoms with Crippen LogP contribution in [0.4, 0.5) is 9.93 Å². The summed E-state index contributed by atoms with van der Waals surface area (Å²) in [5.41, 5.74) is 3.71. The minimum absolute atomic E-state index is 0.0770. The molecule has 30 heavy (non-hydrogen) atoms. The first-order valence-corrected chi connectivity index (χ1v) is 9.96. The van der Waals surface area contributed by atoms with Crippen LogP contribution in [0.15, 0.2) is 48.9 Å². The second kappa shape index (κ2) is 8.53. The van der Waals surface area contributed by atoms with E-state index in [-0.39, 0.29) is 11.8 Å². The average Bonchev–Trinajstić information content (AvgIpc) is 3.16. The molecule has 4 aromatic rings. The monoisotopic (exact) mass is 420 g/mol. The zero-order chi connectivity index (χ0) is 21.1. The Kier molecular flexibility index (Phi) is 5.66. The van der Waals surface area contributed by atoms with Gasteiger partial charge in [-0.3, -0.25) is 10.3 Å². The van der Waals surface area contributed by atoms with Gasteiger partial charge in [0, 0.05) is 36.3 Å². The van der Waals surface area contributed by atoms with Gasteiger partial charge in [0.2, 0.25) is 0 Å². The molecule has 0 spiro atoms. The summed E-state index contributed by atoms with van der Waals surface area (Å²) in [6, 6.07) is 9.14. The summed E-state index contributed by atoms with van der Waals surface area (Å²) in [6.45, 7) is 2.35. The van der Waals surface area contributed by atoms with Crippen LogP contribution in [0.1, 0.15) is 6.92 Å². The zero-order valence-corrected chi connectivity index (χ0v) is 16.7. The number of pyridine rings is 1. The lowest BCUT2D eigenvalue weighted by atomic mass is 9.90. The SMILES string of the molecule is CCNC(=O)Nc1nc2cc(-c3cnc(B(O)O)nc3)cc(-c3ccccn3)c2s1. The zero-order valence-electron chi connectivity index (χ0n) is 15.9. The van der Waals surface area contributed by atoms with Crippen molar-refractivity contribution in [2.75, 3.05) is 11.9 Å². The highest BCUT2D eigenvalue weighted by Crippen LogP contribution is 2.37. The number of carbonyl (C=O) groups is 1. The number of nitrogens with one attached hydrogen (secondary N) is 2. The lowest BCUT2D eigenvalue weighted by molar-refractivity contribution is 0.252. The third-order valence-electron chi connectivity index (χ3n) is 4.22. The number of aromatic nitrogens is 4. The van der Waals surface area contributed by atoms with Gasteiger partial charge in [-0.2, -0.15) is 0 Å². The molecule has 0 saturated carbocycles. The molecule has 0 bridgehead atoms. The topological polar surface area (TPSA) is 133 Å². The lowest BCUT2D eigenvalue weighted by Gasteiger charge is -2.07. The Balaban J connectivity index is 1.82. The maximum Gasteiger partial charge on any atom is 0.528 e. The molecular formula is C19H17BN6O3S. The Morgan fingerprint density at radius 3 is 2.60 bits per heavy atom. The molecule has 0 atom stereocenters. The number of benzene rings is 1. The second-order valence-corrected chi connectivity index (χ2v) is 7.29. The van der Waals surface area contributed by atoms with E-state index in [0.717, 1.165) is 21.5 Å². The van der Waals surface area contributed by atoms with Crippen molar-refractivity contribution < 1.29 is 14.8 Å². The molecule has 1 aromatic carbocycles. The first-order valence-electron chi connectivity index (χ1n) is 9.14. The quantitative estimate of drug-likeness (QED) is 0.361. The van der Waals surface area contributed by atoms with Crippen molar-refractivity contribution in [1.82, 2.24) is 25.3 Å². The van der Waals surface area contributed by atoms with Gasteiger partial charge >= 0.3 is 13.1 Å². The van der Waals surface area contributed by atoms with Crippen LogP contribution in [0.25, 0.3) is 32.6 Å². The summed E-state index contributed by atoms with van der Waals surface area (Å²) in [5.74, 6) is 0. The molecule has 9 nitrogen and oxygen atoms in total. The predicted octanol–water partition coefficient (Wildman–Crippen LogP) is 1.64. The lowest BCUT2D eigenvalue weighted by Crippen LogP contribution is -2.35. The maximum absolute atomic E-state index is 11.9. The summed E-state index contributed by atoms with van der Waals surface area (Å²) < 4.78 is 0.882. The number of hydrogen-bond acceptors (Lipinski definition) is 8. The molecule has 3 aromatic heterocycles. The summed E-state index contributed by atoms with van der Waals surface area (Å²) in [5, 5.41) is 24.3. The van der Waals surface area contributed by atoms with E-state index < -0.39 is 7.12 Å². The number of fused-ring (bicyclic) bond motifs is 1. The highest BCUT2D eigenvalue weighted by Gasteiger charge is 2.17. The summed E-state index contributed by atoms with van der Waals surface area (Å²) in [7, 11) is -1.73. The molecule has 0 saturated heterocycles. The fraction of sp³-hybridized carbons (Fsp3) is 0.105. The molecule has 0 aliphatic carbocycles. The Labute approximate surface area is 176 Å². The van der Waals surface area contributed by atoms with Gasteiger partial charge in [0.15, 0.2) is 10.9 Å². The van der Waals surface area contributed by atoms with Gasteiger partial charge in [-0.25, -0.2) is 19.7 Å². The smallest absolute Gasteiger partial charge is 0.421 e. The Bertz CT molecular complexity index is 1180. The number of nitrogens with zero attached hydrogens (tertiary/aromatic N) is 4. The first-order chi connectivity index (χ1) is 14.5. The minimum Gasteiger partial charge on any atom is -0.421 e. The van der Waals surface area contributed by atoms with E-state index >= 15 is 0 Å². The fourth-order valence-electron chi connectivity index (χ4n) is 2.89. The molecule has 150 valence electrons.